The van der Waals surface area contributed by atoms with Gasteiger partial charge in [0.2, 0.25) is 11.6 Å². The number of ketones is 2. The van der Waals surface area contributed by atoms with Crippen molar-refractivity contribution < 1.29 is 28.7 Å². The highest BCUT2D eigenvalue weighted by atomic mass is 16.6. The maximum atomic E-state index is 13.4. The Bertz CT molecular complexity index is 950. The number of carbonyl (C=O) groups excluding carboxylic acids is 4. The summed E-state index contributed by atoms with van der Waals surface area (Å²) in [5.74, 6) is -3.75. The van der Waals surface area contributed by atoms with Gasteiger partial charge >= 0.3 is 11.9 Å². The zero-order chi connectivity index (χ0) is 24.1. The Hall–Kier alpha value is -3.54. The monoisotopic (exact) mass is 436 g/mol. The number of hydrogen-bond acceptors (Lipinski definition) is 6. The quantitative estimate of drug-likeness (QED) is 0.214. The molecule has 2 rings (SSSR count). The number of hydrogen-bond donors (Lipinski definition) is 0. The molecule has 0 saturated carbocycles. The fourth-order valence-corrected chi connectivity index (χ4v) is 2.74. The van der Waals surface area contributed by atoms with Crippen LogP contribution in [-0.4, -0.2) is 34.7 Å². The Labute approximate surface area is 188 Å². The van der Waals surface area contributed by atoms with E-state index in [2.05, 4.69) is 0 Å². The van der Waals surface area contributed by atoms with E-state index in [1.807, 2.05) is 0 Å². The van der Waals surface area contributed by atoms with Crippen LogP contribution in [0.5, 0.6) is 0 Å². The van der Waals surface area contributed by atoms with Crippen LogP contribution in [0.1, 0.15) is 62.3 Å². The second-order valence-corrected chi connectivity index (χ2v) is 9.14. The molecule has 0 aliphatic heterocycles. The summed E-state index contributed by atoms with van der Waals surface area (Å²) < 4.78 is 10.8. The molecule has 0 aliphatic carbocycles. The number of benzene rings is 2. The molecule has 0 amide bonds. The van der Waals surface area contributed by atoms with Crippen LogP contribution < -0.4 is 0 Å². The van der Waals surface area contributed by atoms with Gasteiger partial charge in [-0.05, 0) is 41.5 Å². The van der Waals surface area contributed by atoms with Crippen molar-refractivity contribution in [1.29, 1.82) is 0 Å². The molecule has 0 bridgehead atoms. The number of rotatable bonds is 6. The molecule has 0 saturated heterocycles. The molecule has 2 aromatic carbocycles. The first-order chi connectivity index (χ1) is 14.8. The van der Waals surface area contributed by atoms with Crippen molar-refractivity contribution in [3.63, 3.8) is 0 Å². The molecule has 0 aliphatic rings. The topological polar surface area (TPSA) is 86.7 Å². The van der Waals surface area contributed by atoms with Gasteiger partial charge in [-0.2, -0.15) is 0 Å². The van der Waals surface area contributed by atoms with E-state index in [1.54, 1.807) is 77.9 Å². The number of Topliss-reactive ketones (excluding diaryl/α,β-unsaturated/α-hetero) is 2. The van der Waals surface area contributed by atoms with E-state index in [9.17, 15) is 19.2 Å². The van der Waals surface area contributed by atoms with Crippen LogP contribution in [0.15, 0.2) is 71.8 Å². The molecule has 0 aromatic heterocycles. The zero-order valence-electron chi connectivity index (χ0n) is 19.2. The molecule has 168 valence electrons. The normalized spacial score (nSPS) is 12.4. The first kappa shape index (κ1) is 24.7. The smallest absolute Gasteiger partial charge is 0.343 e. The van der Waals surface area contributed by atoms with E-state index in [0.717, 1.165) is 0 Å². The molecule has 0 spiro atoms. The van der Waals surface area contributed by atoms with E-state index in [-0.39, 0.29) is 11.1 Å². The van der Waals surface area contributed by atoms with Crippen molar-refractivity contribution >= 4 is 23.5 Å². The third-order valence-corrected chi connectivity index (χ3v) is 3.98. The maximum Gasteiger partial charge on any atom is 0.343 e. The van der Waals surface area contributed by atoms with E-state index in [1.165, 1.54) is 24.3 Å². The van der Waals surface area contributed by atoms with Crippen molar-refractivity contribution in [3.8, 4) is 0 Å². The highest BCUT2D eigenvalue weighted by Crippen LogP contribution is 2.24. The highest BCUT2D eigenvalue weighted by molar-refractivity contribution is 6.36. The van der Waals surface area contributed by atoms with E-state index in [4.69, 9.17) is 9.47 Å². The Morgan fingerprint density at radius 1 is 0.531 bits per heavy atom. The largest absolute Gasteiger partial charge is 0.456 e. The van der Waals surface area contributed by atoms with Crippen LogP contribution in [0.2, 0.25) is 0 Å². The second kappa shape index (κ2) is 9.73. The van der Waals surface area contributed by atoms with Gasteiger partial charge in [-0.1, -0.05) is 60.7 Å². The Kier molecular flexibility index (Phi) is 7.52. The van der Waals surface area contributed by atoms with Crippen LogP contribution in [0, 0.1) is 0 Å². The lowest BCUT2D eigenvalue weighted by atomic mass is 9.92. The molecular formula is C26H28O6. The SMILES string of the molecule is CC(C)(C)OC(=O)/C(C(=O)c1ccccc1)=C(\C(=O)OC(C)(C)C)C(=O)c1ccccc1. The Morgan fingerprint density at radius 2 is 0.812 bits per heavy atom. The van der Waals surface area contributed by atoms with Gasteiger partial charge < -0.3 is 9.47 Å². The first-order valence-electron chi connectivity index (χ1n) is 10.2. The van der Waals surface area contributed by atoms with Gasteiger partial charge in [0.1, 0.15) is 22.3 Å². The fraction of sp³-hybridized carbons (Fsp3) is 0.308. The summed E-state index contributed by atoms with van der Waals surface area (Å²) >= 11 is 0. The lowest BCUT2D eigenvalue weighted by molar-refractivity contribution is -0.153. The van der Waals surface area contributed by atoms with Crippen LogP contribution in [0.4, 0.5) is 0 Å². The lowest BCUT2D eigenvalue weighted by Crippen LogP contribution is -2.33. The molecule has 0 N–H and O–H groups in total. The van der Waals surface area contributed by atoms with Gasteiger partial charge in [0, 0.05) is 11.1 Å². The second-order valence-electron chi connectivity index (χ2n) is 9.14. The Morgan fingerprint density at radius 3 is 1.06 bits per heavy atom. The molecule has 6 nitrogen and oxygen atoms in total. The van der Waals surface area contributed by atoms with Crippen LogP contribution in [0.25, 0.3) is 0 Å². The molecular weight excluding hydrogens is 408 g/mol. The van der Waals surface area contributed by atoms with E-state index < -0.39 is 45.9 Å². The van der Waals surface area contributed by atoms with Crippen LogP contribution in [0.3, 0.4) is 0 Å². The van der Waals surface area contributed by atoms with Crippen molar-refractivity contribution in [2.24, 2.45) is 0 Å². The minimum Gasteiger partial charge on any atom is -0.456 e. The summed E-state index contributed by atoms with van der Waals surface area (Å²) in [7, 11) is 0. The van der Waals surface area contributed by atoms with Crippen molar-refractivity contribution in [3.05, 3.63) is 82.9 Å². The van der Waals surface area contributed by atoms with Crippen LogP contribution >= 0.6 is 0 Å². The van der Waals surface area contributed by atoms with Gasteiger partial charge in [0.05, 0.1) is 0 Å². The molecule has 0 unspecified atom stereocenters. The summed E-state index contributed by atoms with van der Waals surface area (Å²) in [6.07, 6.45) is 0. The van der Waals surface area contributed by atoms with Gasteiger partial charge in [0.15, 0.2) is 0 Å². The molecule has 32 heavy (non-hydrogen) atoms. The lowest BCUT2D eigenvalue weighted by Gasteiger charge is -2.23. The number of carbonyl (C=O) groups is 4. The van der Waals surface area contributed by atoms with Crippen molar-refractivity contribution in [1.82, 2.24) is 0 Å². The van der Waals surface area contributed by atoms with Gasteiger partial charge in [-0.25, -0.2) is 9.59 Å². The molecule has 2 aromatic rings. The standard InChI is InChI=1S/C26H28O6/c1-25(2,3)31-23(29)19(21(27)17-13-9-7-10-14-17)20(24(30)32-26(4,5)6)22(28)18-15-11-8-12-16-18/h7-16H,1-6H3/b20-19-. The summed E-state index contributed by atoms with van der Waals surface area (Å²) in [5, 5.41) is 0. The van der Waals surface area contributed by atoms with Gasteiger partial charge in [0.25, 0.3) is 0 Å². The fourth-order valence-electron chi connectivity index (χ4n) is 2.74. The molecule has 0 atom stereocenters. The molecule has 6 heteroatoms. The highest BCUT2D eigenvalue weighted by Gasteiger charge is 2.37. The minimum atomic E-state index is -1.07. The van der Waals surface area contributed by atoms with Gasteiger partial charge in [-0.3, -0.25) is 9.59 Å². The molecule has 0 fully saturated rings. The number of esters is 2. The summed E-state index contributed by atoms with van der Waals surface area (Å²) in [6.45, 7) is 9.76. The summed E-state index contributed by atoms with van der Waals surface area (Å²) in [6, 6.07) is 15.9. The minimum absolute atomic E-state index is 0.135. The zero-order valence-corrected chi connectivity index (χ0v) is 19.2. The van der Waals surface area contributed by atoms with E-state index in [0.29, 0.717) is 0 Å². The maximum absolute atomic E-state index is 13.4. The summed E-state index contributed by atoms with van der Waals surface area (Å²) in [4.78, 5) is 53.1. The third-order valence-electron chi connectivity index (χ3n) is 3.98. The average Bonchev–Trinajstić information content (AvgIpc) is 2.69. The Balaban J connectivity index is 2.80. The van der Waals surface area contributed by atoms with Crippen molar-refractivity contribution in [2.75, 3.05) is 0 Å². The third kappa shape index (κ3) is 6.74. The van der Waals surface area contributed by atoms with Gasteiger partial charge in [-0.15, -0.1) is 0 Å². The van der Waals surface area contributed by atoms with Crippen molar-refractivity contribution in [2.45, 2.75) is 52.7 Å². The predicted octanol–water partition coefficient (Wildman–Crippen LogP) is 4.73. The van der Waals surface area contributed by atoms with E-state index >= 15 is 0 Å². The average molecular weight is 437 g/mol. The number of ether oxygens (including phenoxy) is 2. The predicted molar refractivity (Wildman–Crippen MR) is 120 cm³/mol. The molecule has 0 radical (unpaired) electrons. The summed E-state index contributed by atoms with van der Waals surface area (Å²) in [5.41, 5.74) is -2.98. The molecule has 0 heterocycles. The first-order valence-corrected chi connectivity index (χ1v) is 10.2. The van der Waals surface area contributed by atoms with Crippen LogP contribution in [-0.2, 0) is 19.1 Å².